The molecular formula is C17H9N4OSe. The van der Waals surface area contributed by atoms with Crippen LogP contribution in [0, 0.1) is 22.7 Å². The molecule has 0 amide bonds. The minimum absolute atomic E-state index is 0.0629. The molecule has 0 spiro atoms. The molecule has 6 heteroatoms. The molecule has 2 heterocycles. The second-order valence-corrected chi connectivity index (χ2v) is 5.49. The number of aromatic nitrogens is 1. The summed E-state index contributed by atoms with van der Waals surface area (Å²) < 4.78 is 6.20. The maximum absolute atomic E-state index is 9.39. The molecule has 0 unspecified atom stereocenters. The van der Waals surface area contributed by atoms with Crippen molar-refractivity contribution >= 4 is 26.4 Å². The van der Waals surface area contributed by atoms with Gasteiger partial charge in [0, 0.05) is 0 Å². The average Bonchev–Trinajstić information content (AvgIpc) is 3.04. The van der Waals surface area contributed by atoms with Gasteiger partial charge in [-0.3, -0.25) is 0 Å². The summed E-state index contributed by atoms with van der Waals surface area (Å²) in [7, 11) is 0. The molecule has 0 saturated heterocycles. The molecule has 0 fully saturated rings. The van der Waals surface area contributed by atoms with Crippen molar-refractivity contribution in [2.24, 2.45) is 0 Å². The van der Waals surface area contributed by atoms with E-state index in [0.717, 1.165) is 5.56 Å². The van der Waals surface area contributed by atoms with E-state index in [9.17, 15) is 10.5 Å². The molecule has 1 aromatic carbocycles. The zero-order chi connectivity index (χ0) is 16.4. The van der Waals surface area contributed by atoms with Crippen LogP contribution in [-0.2, 0) is 0 Å². The fraction of sp³-hybridized carbons (Fsp3) is 0. The summed E-state index contributed by atoms with van der Waals surface area (Å²) in [5, 5.41) is 18.8. The van der Waals surface area contributed by atoms with Crippen LogP contribution in [0.3, 0.4) is 0 Å². The van der Waals surface area contributed by atoms with Gasteiger partial charge in [0.2, 0.25) is 0 Å². The minimum atomic E-state index is 0.0629. The molecule has 2 aromatic heterocycles. The summed E-state index contributed by atoms with van der Waals surface area (Å²) in [6, 6.07) is 17.1. The third-order valence-electron chi connectivity index (χ3n) is 3.33. The van der Waals surface area contributed by atoms with Crippen LogP contribution in [0.4, 0.5) is 5.82 Å². The van der Waals surface area contributed by atoms with Gasteiger partial charge < -0.3 is 0 Å². The molecule has 0 aliphatic carbocycles. The topological polar surface area (TPSA) is 99.6 Å². The first kappa shape index (κ1) is 14.9. The van der Waals surface area contributed by atoms with E-state index < -0.39 is 0 Å². The third kappa shape index (κ3) is 2.58. The first-order valence-corrected chi connectivity index (χ1v) is 7.47. The van der Waals surface area contributed by atoms with Crippen LogP contribution in [0.15, 0.2) is 46.9 Å². The summed E-state index contributed by atoms with van der Waals surface area (Å²) in [6.45, 7) is 0. The molecule has 23 heavy (non-hydrogen) atoms. The monoisotopic (exact) mass is 365 g/mol. The fourth-order valence-electron chi connectivity index (χ4n) is 2.27. The van der Waals surface area contributed by atoms with E-state index >= 15 is 0 Å². The Hall–Kier alpha value is -3.05. The van der Waals surface area contributed by atoms with E-state index in [-0.39, 0.29) is 16.9 Å². The van der Waals surface area contributed by atoms with Crippen LogP contribution < -0.4 is 10.3 Å². The molecule has 5 nitrogen and oxygen atoms in total. The number of furan rings is 1. The van der Waals surface area contributed by atoms with Crippen molar-refractivity contribution in [2.45, 2.75) is 0 Å². The Bertz CT molecular complexity index is 926. The van der Waals surface area contributed by atoms with Gasteiger partial charge in [-0.1, -0.05) is 0 Å². The van der Waals surface area contributed by atoms with Crippen LogP contribution in [0.25, 0.3) is 22.6 Å². The van der Waals surface area contributed by atoms with Crippen molar-refractivity contribution < 1.29 is 4.42 Å². The van der Waals surface area contributed by atoms with Gasteiger partial charge >= 0.3 is 140 Å². The molecule has 0 saturated carbocycles. The molecule has 0 bridgehead atoms. The Balaban J connectivity index is 2.23. The van der Waals surface area contributed by atoms with E-state index in [1.54, 1.807) is 12.1 Å². The summed E-state index contributed by atoms with van der Waals surface area (Å²) in [4.78, 5) is 4.00. The fourth-order valence-corrected chi connectivity index (χ4v) is 2.79. The van der Waals surface area contributed by atoms with Crippen LogP contribution in [0.1, 0.15) is 11.1 Å². The summed E-state index contributed by atoms with van der Waals surface area (Å²) in [6.07, 6.45) is 0. The Labute approximate surface area is 140 Å². The van der Waals surface area contributed by atoms with Gasteiger partial charge in [0.1, 0.15) is 0 Å². The second-order valence-electron chi connectivity index (χ2n) is 4.68. The summed E-state index contributed by atoms with van der Waals surface area (Å²) in [5.41, 5.74) is 7.44. The van der Waals surface area contributed by atoms with Gasteiger partial charge in [-0.25, -0.2) is 0 Å². The zero-order valence-corrected chi connectivity index (χ0v) is 13.5. The number of rotatable bonds is 2. The van der Waals surface area contributed by atoms with Crippen molar-refractivity contribution in [1.29, 1.82) is 10.5 Å². The van der Waals surface area contributed by atoms with E-state index in [1.807, 2.05) is 36.4 Å². The number of nitrogens with two attached hydrogens (primary N) is 1. The van der Waals surface area contributed by atoms with Crippen molar-refractivity contribution in [3.8, 4) is 34.8 Å². The van der Waals surface area contributed by atoms with Crippen molar-refractivity contribution in [2.75, 3.05) is 5.73 Å². The number of hydrogen-bond acceptors (Lipinski definition) is 5. The second kappa shape index (κ2) is 5.98. The van der Waals surface area contributed by atoms with Crippen LogP contribution in [0.5, 0.6) is 0 Å². The molecule has 0 atom stereocenters. The number of nitrogens with zero attached hydrogens (tertiary/aromatic N) is 3. The van der Waals surface area contributed by atoms with E-state index in [4.69, 9.17) is 10.2 Å². The van der Waals surface area contributed by atoms with E-state index in [0.29, 0.717) is 21.7 Å². The first-order valence-electron chi connectivity index (χ1n) is 6.62. The predicted octanol–water partition coefficient (Wildman–Crippen LogP) is 2.13. The van der Waals surface area contributed by atoms with Crippen LogP contribution in [-0.4, -0.2) is 21.0 Å². The van der Waals surface area contributed by atoms with Gasteiger partial charge in [0.15, 0.2) is 0 Å². The van der Waals surface area contributed by atoms with Crippen molar-refractivity contribution in [3.05, 3.63) is 53.6 Å². The van der Waals surface area contributed by atoms with Gasteiger partial charge in [0.05, 0.1) is 0 Å². The average molecular weight is 364 g/mol. The predicted molar refractivity (Wildman–Crippen MR) is 86.6 cm³/mol. The van der Waals surface area contributed by atoms with Gasteiger partial charge in [-0.15, -0.1) is 0 Å². The summed E-state index contributed by atoms with van der Waals surface area (Å²) >= 11 is 2.70. The Morgan fingerprint density at radius 3 is 2.26 bits per heavy atom. The molecule has 3 rings (SSSR count). The quantitative estimate of drug-likeness (QED) is 0.702. The molecule has 1 radical (unpaired) electrons. The normalized spacial score (nSPS) is 10.0. The molecule has 109 valence electrons. The Morgan fingerprint density at radius 1 is 0.957 bits per heavy atom. The van der Waals surface area contributed by atoms with Crippen LogP contribution in [0.2, 0.25) is 0 Å². The Kier molecular flexibility index (Phi) is 3.87. The number of nitrogen functional groups attached to an aromatic ring is 1. The maximum atomic E-state index is 9.39. The SMILES string of the molecule is N#Cc1c(N)nc([Se])c(C#N)c1-c1ccc(-c2ccccc2)o1. The Morgan fingerprint density at radius 2 is 1.61 bits per heavy atom. The number of benzene rings is 1. The van der Waals surface area contributed by atoms with Gasteiger partial charge in [-0.2, -0.15) is 0 Å². The van der Waals surface area contributed by atoms with Gasteiger partial charge in [-0.05, 0) is 0 Å². The first-order chi connectivity index (χ1) is 11.2. The van der Waals surface area contributed by atoms with E-state index in [1.165, 1.54) is 0 Å². The zero-order valence-electron chi connectivity index (χ0n) is 11.8. The number of nitriles is 2. The molecule has 3 aromatic rings. The molecule has 0 aliphatic heterocycles. The number of anilines is 1. The van der Waals surface area contributed by atoms with Crippen LogP contribution >= 0.6 is 0 Å². The molecule has 2 N–H and O–H groups in total. The summed E-state index contributed by atoms with van der Waals surface area (Å²) in [5.74, 6) is 1.11. The van der Waals surface area contributed by atoms with Gasteiger partial charge in [0.25, 0.3) is 0 Å². The van der Waals surface area contributed by atoms with Crippen molar-refractivity contribution in [1.82, 2.24) is 4.98 Å². The standard InChI is InChI=1S/C17H9N4OSe/c18-8-11-15(12(9-19)17(23)21-16(11)20)14-7-6-13(22-14)10-4-2-1-3-5-10/h1-7H,(H2,20,21). The number of pyridine rings is 1. The van der Waals surface area contributed by atoms with E-state index in [2.05, 4.69) is 27.1 Å². The molecular weight excluding hydrogens is 355 g/mol. The third-order valence-corrected chi connectivity index (χ3v) is 3.95. The number of hydrogen-bond donors (Lipinski definition) is 1. The van der Waals surface area contributed by atoms with Crippen molar-refractivity contribution in [3.63, 3.8) is 0 Å². The molecule has 0 aliphatic rings.